The van der Waals surface area contributed by atoms with Crippen LogP contribution in [0, 0.1) is 5.82 Å². The van der Waals surface area contributed by atoms with Crippen molar-refractivity contribution in [2.75, 3.05) is 25.0 Å². The molecule has 0 aromatic heterocycles. The largest absolute Gasteiger partial charge is 0.481 e. The third-order valence-corrected chi connectivity index (χ3v) is 2.65. The normalized spacial score (nSPS) is 9.95. The Bertz CT molecular complexity index is 469. The van der Waals surface area contributed by atoms with Crippen LogP contribution in [0.2, 0.25) is 0 Å². The number of benzene rings is 1. The Hall–Kier alpha value is -2.31. The third-order valence-electron chi connectivity index (χ3n) is 2.65. The maximum Gasteiger partial charge on any atom is 0.314 e. The third kappa shape index (κ3) is 8.46. The van der Waals surface area contributed by atoms with E-state index < -0.39 is 5.97 Å². The molecule has 116 valence electrons. The molecule has 0 spiro atoms. The van der Waals surface area contributed by atoms with Crippen molar-refractivity contribution >= 4 is 17.7 Å². The van der Waals surface area contributed by atoms with Crippen molar-refractivity contribution in [3.8, 4) is 0 Å². The van der Waals surface area contributed by atoms with Crippen molar-refractivity contribution in [3.05, 3.63) is 30.1 Å². The van der Waals surface area contributed by atoms with E-state index in [2.05, 4.69) is 16.0 Å². The Labute approximate surface area is 122 Å². The van der Waals surface area contributed by atoms with Crippen molar-refractivity contribution in [1.82, 2.24) is 10.6 Å². The van der Waals surface area contributed by atoms with E-state index >= 15 is 0 Å². The van der Waals surface area contributed by atoms with Crippen LogP contribution in [0.1, 0.15) is 19.3 Å². The molecule has 1 aromatic carbocycles. The summed E-state index contributed by atoms with van der Waals surface area (Å²) in [5.74, 6) is -1.17. The van der Waals surface area contributed by atoms with Crippen LogP contribution in [0.3, 0.4) is 0 Å². The Morgan fingerprint density at radius 1 is 1.10 bits per heavy atom. The summed E-state index contributed by atoms with van der Waals surface area (Å²) in [5.41, 5.74) is 0.702. The van der Waals surface area contributed by atoms with Crippen LogP contribution in [0.4, 0.5) is 14.9 Å². The fourth-order valence-corrected chi connectivity index (χ4v) is 1.63. The van der Waals surface area contributed by atoms with Gasteiger partial charge in [0, 0.05) is 31.7 Å². The molecule has 0 radical (unpaired) electrons. The molecule has 0 saturated heterocycles. The van der Waals surface area contributed by atoms with Gasteiger partial charge in [0.05, 0.1) is 0 Å². The molecule has 0 unspecified atom stereocenters. The second-order valence-corrected chi connectivity index (χ2v) is 4.47. The van der Waals surface area contributed by atoms with Gasteiger partial charge in [-0.3, -0.25) is 4.79 Å². The molecule has 6 nitrogen and oxygen atoms in total. The number of aliphatic carboxylic acids is 1. The highest BCUT2D eigenvalue weighted by Gasteiger charge is 2.00. The molecule has 0 aliphatic rings. The maximum absolute atomic E-state index is 12.9. The first kappa shape index (κ1) is 16.7. The number of carboxylic acids is 1. The maximum atomic E-state index is 12.9. The molecule has 0 fully saturated rings. The first-order chi connectivity index (χ1) is 10.1. The summed E-state index contributed by atoms with van der Waals surface area (Å²) in [6.07, 6.45) is 1.14. The molecule has 1 rings (SSSR count). The SMILES string of the molecule is O=C(O)CCCNC(=O)NCCCNc1cccc(F)c1. The number of hydrogen-bond donors (Lipinski definition) is 4. The van der Waals surface area contributed by atoms with Gasteiger partial charge in [-0.2, -0.15) is 0 Å². The fraction of sp³-hybridized carbons (Fsp3) is 0.429. The molecule has 0 heterocycles. The zero-order valence-corrected chi connectivity index (χ0v) is 11.7. The van der Waals surface area contributed by atoms with E-state index in [9.17, 15) is 14.0 Å². The number of amides is 2. The van der Waals surface area contributed by atoms with Gasteiger partial charge in [0.1, 0.15) is 5.82 Å². The fourth-order valence-electron chi connectivity index (χ4n) is 1.63. The van der Waals surface area contributed by atoms with Gasteiger partial charge in [-0.05, 0) is 31.0 Å². The van der Waals surface area contributed by atoms with E-state index in [-0.39, 0.29) is 18.3 Å². The van der Waals surface area contributed by atoms with Gasteiger partial charge in [0.15, 0.2) is 0 Å². The predicted molar refractivity (Wildman–Crippen MR) is 77.8 cm³/mol. The minimum atomic E-state index is -0.874. The molecular weight excluding hydrogens is 277 g/mol. The van der Waals surface area contributed by atoms with E-state index in [1.807, 2.05) is 0 Å². The second-order valence-electron chi connectivity index (χ2n) is 4.47. The van der Waals surface area contributed by atoms with Gasteiger partial charge in [0.25, 0.3) is 0 Å². The van der Waals surface area contributed by atoms with E-state index in [0.717, 1.165) is 0 Å². The molecule has 0 aliphatic heterocycles. The summed E-state index contributed by atoms with van der Waals surface area (Å²) < 4.78 is 12.9. The lowest BCUT2D eigenvalue weighted by atomic mass is 10.3. The number of carbonyl (C=O) groups is 2. The molecule has 4 N–H and O–H groups in total. The number of hydrogen-bond acceptors (Lipinski definition) is 3. The van der Waals surface area contributed by atoms with Crippen molar-refractivity contribution in [2.45, 2.75) is 19.3 Å². The lowest BCUT2D eigenvalue weighted by Crippen LogP contribution is -2.37. The highest BCUT2D eigenvalue weighted by molar-refractivity contribution is 5.73. The van der Waals surface area contributed by atoms with Gasteiger partial charge in [-0.15, -0.1) is 0 Å². The minimum absolute atomic E-state index is 0.0395. The molecule has 21 heavy (non-hydrogen) atoms. The van der Waals surface area contributed by atoms with Crippen molar-refractivity contribution in [3.63, 3.8) is 0 Å². The van der Waals surface area contributed by atoms with E-state index in [1.54, 1.807) is 12.1 Å². The van der Waals surface area contributed by atoms with Crippen LogP contribution in [0.25, 0.3) is 0 Å². The average Bonchev–Trinajstić information content (AvgIpc) is 2.43. The topological polar surface area (TPSA) is 90.5 Å². The van der Waals surface area contributed by atoms with Crippen LogP contribution in [-0.4, -0.2) is 36.7 Å². The molecule has 1 aromatic rings. The number of anilines is 1. The Morgan fingerprint density at radius 3 is 2.48 bits per heavy atom. The lowest BCUT2D eigenvalue weighted by Gasteiger charge is -2.08. The molecular formula is C14H20FN3O3. The van der Waals surface area contributed by atoms with E-state index in [0.29, 0.717) is 38.2 Å². The zero-order chi connectivity index (χ0) is 15.5. The summed E-state index contributed by atoms with van der Waals surface area (Å²) >= 11 is 0. The summed E-state index contributed by atoms with van der Waals surface area (Å²) in [4.78, 5) is 21.6. The Balaban J connectivity index is 2.01. The van der Waals surface area contributed by atoms with Crippen molar-refractivity contribution in [2.24, 2.45) is 0 Å². The molecule has 0 atom stereocenters. The summed E-state index contributed by atoms with van der Waals surface area (Å²) in [5, 5.41) is 16.7. The Morgan fingerprint density at radius 2 is 1.81 bits per heavy atom. The van der Waals surface area contributed by atoms with Crippen molar-refractivity contribution in [1.29, 1.82) is 0 Å². The standard InChI is InChI=1S/C14H20FN3O3/c15-11-4-1-5-12(10-11)16-8-3-9-18-14(21)17-7-2-6-13(19)20/h1,4-5,10,16H,2-3,6-9H2,(H,19,20)(H2,17,18,21). The number of urea groups is 1. The molecule has 0 bridgehead atoms. The first-order valence-corrected chi connectivity index (χ1v) is 6.81. The van der Waals surface area contributed by atoms with Gasteiger partial charge in [-0.1, -0.05) is 6.07 Å². The number of carbonyl (C=O) groups excluding carboxylic acids is 1. The van der Waals surface area contributed by atoms with Crippen LogP contribution in [0.5, 0.6) is 0 Å². The number of carboxylic acid groups (broad SMARTS) is 1. The first-order valence-electron chi connectivity index (χ1n) is 6.81. The zero-order valence-electron chi connectivity index (χ0n) is 11.7. The molecule has 7 heteroatoms. The molecule has 0 saturated carbocycles. The van der Waals surface area contributed by atoms with Gasteiger partial charge < -0.3 is 21.1 Å². The monoisotopic (exact) mass is 297 g/mol. The summed E-state index contributed by atoms with van der Waals surface area (Å²) in [6.45, 7) is 1.43. The van der Waals surface area contributed by atoms with E-state index in [4.69, 9.17) is 5.11 Å². The predicted octanol–water partition coefficient (Wildman–Crippen LogP) is 1.79. The van der Waals surface area contributed by atoms with Crippen LogP contribution < -0.4 is 16.0 Å². The van der Waals surface area contributed by atoms with Crippen LogP contribution >= 0.6 is 0 Å². The lowest BCUT2D eigenvalue weighted by molar-refractivity contribution is -0.137. The smallest absolute Gasteiger partial charge is 0.314 e. The minimum Gasteiger partial charge on any atom is -0.481 e. The summed E-state index contributed by atoms with van der Waals surface area (Å²) in [7, 11) is 0. The highest BCUT2D eigenvalue weighted by atomic mass is 19.1. The van der Waals surface area contributed by atoms with Crippen molar-refractivity contribution < 1.29 is 19.1 Å². The van der Waals surface area contributed by atoms with Gasteiger partial charge >= 0.3 is 12.0 Å². The summed E-state index contributed by atoms with van der Waals surface area (Å²) in [6, 6.07) is 5.86. The molecule has 2 amide bonds. The van der Waals surface area contributed by atoms with Gasteiger partial charge in [0.2, 0.25) is 0 Å². The second kappa shape index (κ2) is 9.57. The molecule has 0 aliphatic carbocycles. The van der Waals surface area contributed by atoms with Crippen LogP contribution in [0.15, 0.2) is 24.3 Å². The number of halogens is 1. The Kier molecular flexibility index (Phi) is 7.63. The van der Waals surface area contributed by atoms with E-state index in [1.165, 1.54) is 12.1 Å². The number of rotatable bonds is 9. The average molecular weight is 297 g/mol. The van der Waals surface area contributed by atoms with Gasteiger partial charge in [-0.25, -0.2) is 9.18 Å². The number of nitrogens with one attached hydrogen (secondary N) is 3. The van der Waals surface area contributed by atoms with Crippen LogP contribution in [-0.2, 0) is 4.79 Å². The quantitative estimate of drug-likeness (QED) is 0.523. The highest BCUT2D eigenvalue weighted by Crippen LogP contribution is 2.08.